The molecular formula is C16H29ClN2O. The molecule has 116 valence electrons. The minimum absolute atomic E-state index is 0. The van der Waals surface area contributed by atoms with Crippen molar-refractivity contribution < 1.29 is 4.79 Å². The summed E-state index contributed by atoms with van der Waals surface area (Å²) in [6, 6.07) is 1.60. The van der Waals surface area contributed by atoms with Crippen molar-refractivity contribution in [1.29, 1.82) is 0 Å². The van der Waals surface area contributed by atoms with Gasteiger partial charge in [-0.05, 0) is 63.8 Å². The molecule has 1 heterocycles. The van der Waals surface area contributed by atoms with E-state index in [0.29, 0.717) is 24.0 Å². The molecule has 0 aromatic carbocycles. The van der Waals surface area contributed by atoms with E-state index in [1.165, 1.54) is 51.4 Å². The summed E-state index contributed by atoms with van der Waals surface area (Å²) in [6.07, 6.45) is 10.7. The standard InChI is InChI=1S/C16H28N2O.ClH/c1-12-4-6-14(7-5-12)18(15-8-9-15)16(19)11-13-3-2-10-17-13;/h12-15,17H,2-11H2,1H3;1H. The molecule has 0 aromatic heterocycles. The molecule has 4 heteroatoms. The Labute approximate surface area is 129 Å². The second-order valence-electron chi connectivity index (χ2n) is 6.94. The molecule has 0 bridgehead atoms. The first-order valence-electron chi connectivity index (χ1n) is 8.28. The smallest absolute Gasteiger partial charge is 0.224 e. The van der Waals surface area contributed by atoms with Crippen LogP contribution in [0.5, 0.6) is 0 Å². The average Bonchev–Trinajstić information content (AvgIpc) is 3.09. The summed E-state index contributed by atoms with van der Waals surface area (Å²) < 4.78 is 0. The van der Waals surface area contributed by atoms with E-state index in [2.05, 4.69) is 17.1 Å². The van der Waals surface area contributed by atoms with Crippen LogP contribution in [0.1, 0.15) is 64.7 Å². The van der Waals surface area contributed by atoms with E-state index in [1.807, 2.05) is 0 Å². The zero-order chi connectivity index (χ0) is 13.2. The number of carbonyl (C=O) groups excluding carboxylic acids is 1. The maximum Gasteiger partial charge on any atom is 0.224 e. The van der Waals surface area contributed by atoms with Gasteiger partial charge in [-0.15, -0.1) is 12.4 Å². The monoisotopic (exact) mass is 300 g/mol. The Bertz CT molecular complexity index is 318. The minimum Gasteiger partial charge on any atom is -0.337 e. The molecule has 1 N–H and O–H groups in total. The zero-order valence-corrected chi connectivity index (χ0v) is 13.5. The summed E-state index contributed by atoms with van der Waals surface area (Å²) in [5.74, 6) is 1.30. The number of hydrogen-bond donors (Lipinski definition) is 1. The van der Waals surface area contributed by atoms with Crippen LogP contribution in [0.3, 0.4) is 0 Å². The lowest BCUT2D eigenvalue weighted by molar-refractivity contribution is -0.135. The van der Waals surface area contributed by atoms with Crippen molar-refractivity contribution in [2.24, 2.45) is 5.92 Å². The van der Waals surface area contributed by atoms with Crippen LogP contribution in [0.2, 0.25) is 0 Å². The predicted molar refractivity (Wildman–Crippen MR) is 84.2 cm³/mol. The molecule has 0 aromatic rings. The summed E-state index contributed by atoms with van der Waals surface area (Å²) in [7, 11) is 0. The maximum atomic E-state index is 12.6. The van der Waals surface area contributed by atoms with E-state index in [0.717, 1.165) is 18.9 Å². The number of carbonyl (C=O) groups is 1. The van der Waals surface area contributed by atoms with Gasteiger partial charge in [-0.25, -0.2) is 0 Å². The van der Waals surface area contributed by atoms with Crippen LogP contribution < -0.4 is 5.32 Å². The number of halogens is 1. The molecule has 3 aliphatic rings. The van der Waals surface area contributed by atoms with Crippen LogP contribution in [0, 0.1) is 5.92 Å². The van der Waals surface area contributed by atoms with Crippen LogP contribution in [0.15, 0.2) is 0 Å². The van der Waals surface area contributed by atoms with Crippen molar-refractivity contribution in [3.8, 4) is 0 Å². The fourth-order valence-corrected chi connectivity index (χ4v) is 3.83. The largest absolute Gasteiger partial charge is 0.337 e. The van der Waals surface area contributed by atoms with E-state index < -0.39 is 0 Å². The highest BCUT2D eigenvalue weighted by molar-refractivity contribution is 5.85. The Hall–Kier alpha value is -0.280. The first kappa shape index (κ1) is 16.1. The third-order valence-electron chi connectivity index (χ3n) is 5.19. The second-order valence-corrected chi connectivity index (χ2v) is 6.94. The van der Waals surface area contributed by atoms with E-state index in [9.17, 15) is 4.79 Å². The summed E-state index contributed by atoms with van der Waals surface area (Å²) >= 11 is 0. The third-order valence-corrected chi connectivity index (χ3v) is 5.19. The molecule has 1 atom stereocenters. The highest BCUT2D eigenvalue weighted by Crippen LogP contribution is 2.36. The van der Waals surface area contributed by atoms with Gasteiger partial charge in [-0.3, -0.25) is 4.79 Å². The average molecular weight is 301 g/mol. The minimum atomic E-state index is 0. The van der Waals surface area contributed by atoms with Gasteiger partial charge in [0.25, 0.3) is 0 Å². The van der Waals surface area contributed by atoms with Gasteiger partial charge in [-0.1, -0.05) is 6.92 Å². The first-order chi connectivity index (χ1) is 9.24. The van der Waals surface area contributed by atoms with E-state index in [1.54, 1.807) is 0 Å². The summed E-state index contributed by atoms with van der Waals surface area (Å²) in [4.78, 5) is 14.9. The zero-order valence-electron chi connectivity index (χ0n) is 12.6. The van der Waals surface area contributed by atoms with Gasteiger partial charge in [0.05, 0.1) is 0 Å². The number of amides is 1. The van der Waals surface area contributed by atoms with Crippen LogP contribution in [-0.4, -0.2) is 35.5 Å². The van der Waals surface area contributed by atoms with Gasteiger partial charge in [0, 0.05) is 24.5 Å². The number of nitrogens with one attached hydrogen (secondary N) is 1. The van der Waals surface area contributed by atoms with E-state index >= 15 is 0 Å². The molecule has 2 saturated carbocycles. The van der Waals surface area contributed by atoms with Gasteiger partial charge in [0.2, 0.25) is 5.91 Å². The Morgan fingerprint density at radius 2 is 1.65 bits per heavy atom. The SMILES string of the molecule is CC1CCC(N(C(=O)CC2CCCN2)C2CC2)CC1.Cl. The summed E-state index contributed by atoms with van der Waals surface area (Å²) in [5, 5.41) is 3.46. The lowest BCUT2D eigenvalue weighted by Gasteiger charge is -2.37. The van der Waals surface area contributed by atoms with Crippen LogP contribution in [0.4, 0.5) is 0 Å². The van der Waals surface area contributed by atoms with Crippen molar-refractivity contribution in [2.75, 3.05) is 6.54 Å². The lowest BCUT2D eigenvalue weighted by atomic mass is 9.86. The normalized spacial score (nSPS) is 33.5. The maximum absolute atomic E-state index is 12.6. The molecule has 1 saturated heterocycles. The van der Waals surface area contributed by atoms with Crippen molar-refractivity contribution in [1.82, 2.24) is 10.2 Å². The van der Waals surface area contributed by atoms with Gasteiger partial charge in [0.1, 0.15) is 0 Å². The number of rotatable bonds is 4. The molecule has 3 fully saturated rings. The Kier molecular flexibility index (Phi) is 5.74. The fourth-order valence-electron chi connectivity index (χ4n) is 3.83. The highest BCUT2D eigenvalue weighted by Gasteiger charge is 2.38. The van der Waals surface area contributed by atoms with Crippen molar-refractivity contribution in [3.63, 3.8) is 0 Å². The molecule has 0 spiro atoms. The van der Waals surface area contributed by atoms with Gasteiger partial charge >= 0.3 is 0 Å². The van der Waals surface area contributed by atoms with E-state index in [4.69, 9.17) is 0 Å². The quantitative estimate of drug-likeness (QED) is 0.865. The molecule has 20 heavy (non-hydrogen) atoms. The number of hydrogen-bond acceptors (Lipinski definition) is 2. The van der Waals surface area contributed by atoms with Crippen molar-refractivity contribution in [3.05, 3.63) is 0 Å². The van der Waals surface area contributed by atoms with Crippen molar-refractivity contribution >= 4 is 18.3 Å². The lowest BCUT2D eigenvalue weighted by Crippen LogP contribution is -2.45. The first-order valence-corrected chi connectivity index (χ1v) is 8.28. The van der Waals surface area contributed by atoms with Crippen LogP contribution in [-0.2, 0) is 4.79 Å². The Balaban J connectivity index is 0.00000147. The van der Waals surface area contributed by atoms with Gasteiger partial charge in [-0.2, -0.15) is 0 Å². The van der Waals surface area contributed by atoms with E-state index in [-0.39, 0.29) is 12.4 Å². The number of nitrogens with zero attached hydrogens (tertiary/aromatic N) is 1. The predicted octanol–water partition coefficient (Wildman–Crippen LogP) is 3.12. The van der Waals surface area contributed by atoms with Gasteiger partial charge < -0.3 is 10.2 Å². The van der Waals surface area contributed by atoms with Gasteiger partial charge in [0.15, 0.2) is 0 Å². The molecule has 3 nitrogen and oxygen atoms in total. The molecule has 1 unspecified atom stereocenters. The molecule has 2 aliphatic carbocycles. The highest BCUT2D eigenvalue weighted by atomic mass is 35.5. The Morgan fingerprint density at radius 3 is 2.15 bits per heavy atom. The van der Waals surface area contributed by atoms with Crippen molar-refractivity contribution in [2.45, 2.75) is 82.8 Å². The Morgan fingerprint density at radius 1 is 1.05 bits per heavy atom. The third kappa shape index (κ3) is 3.88. The summed E-state index contributed by atoms with van der Waals surface area (Å²) in [6.45, 7) is 3.45. The van der Waals surface area contributed by atoms with Crippen LogP contribution in [0.25, 0.3) is 0 Å². The topological polar surface area (TPSA) is 32.3 Å². The summed E-state index contributed by atoms with van der Waals surface area (Å²) in [5.41, 5.74) is 0. The molecule has 3 rings (SSSR count). The molecule has 1 aliphatic heterocycles. The molecular weight excluding hydrogens is 272 g/mol. The molecule has 0 radical (unpaired) electrons. The van der Waals surface area contributed by atoms with Crippen LogP contribution >= 0.6 is 12.4 Å². The molecule has 1 amide bonds. The fraction of sp³-hybridized carbons (Fsp3) is 0.938. The second kappa shape index (κ2) is 7.13.